The highest BCUT2D eigenvalue weighted by molar-refractivity contribution is 6.35. The molecule has 0 bridgehead atoms. The van der Waals surface area contributed by atoms with Crippen molar-refractivity contribution < 1.29 is 14.3 Å². The molecule has 0 radical (unpaired) electrons. The van der Waals surface area contributed by atoms with E-state index in [0.29, 0.717) is 54.7 Å². The van der Waals surface area contributed by atoms with Crippen LogP contribution >= 0.6 is 23.2 Å². The van der Waals surface area contributed by atoms with Crippen LogP contribution in [0, 0.1) is 0 Å². The van der Waals surface area contributed by atoms with Crippen LogP contribution in [0.3, 0.4) is 0 Å². The normalized spacial score (nSPS) is 11.0. The first-order chi connectivity index (χ1) is 18.4. The first kappa shape index (κ1) is 27.7. The van der Waals surface area contributed by atoms with Gasteiger partial charge in [0.25, 0.3) is 5.91 Å². The number of aromatic nitrogens is 1. The van der Waals surface area contributed by atoms with E-state index in [2.05, 4.69) is 11.1 Å². The van der Waals surface area contributed by atoms with Gasteiger partial charge < -0.3 is 19.5 Å². The van der Waals surface area contributed by atoms with Crippen LogP contribution in [0.5, 0.6) is 0 Å². The molecule has 38 heavy (non-hydrogen) atoms. The molecule has 1 heterocycles. The van der Waals surface area contributed by atoms with Gasteiger partial charge in [-0.3, -0.25) is 9.59 Å². The average molecular weight is 553 g/mol. The Bertz CT molecular complexity index is 1350. The van der Waals surface area contributed by atoms with Crippen molar-refractivity contribution >= 4 is 45.9 Å². The average Bonchev–Trinajstić information content (AvgIpc) is 3.33. The highest BCUT2D eigenvalue weighted by Crippen LogP contribution is 2.21. The van der Waals surface area contributed by atoms with Crippen LogP contribution in [0.25, 0.3) is 10.9 Å². The maximum Gasteiger partial charge on any atom is 0.254 e. The number of rotatable bonds is 12. The molecule has 8 heteroatoms. The van der Waals surface area contributed by atoms with Crippen molar-refractivity contribution in [1.29, 1.82) is 0 Å². The van der Waals surface area contributed by atoms with E-state index in [4.69, 9.17) is 27.9 Å². The van der Waals surface area contributed by atoms with Crippen molar-refractivity contribution in [2.75, 3.05) is 33.4 Å². The third kappa shape index (κ3) is 7.38. The topological polar surface area (TPSA) is 65.6 Å². The summed E-state index contributed by atoms with van der Waals surface area (Å²) >= 11 is 12.3. The lowest BCUT2D eigenvalue weighted by molar-refractivity contribution is -0.132. The molecule has 0 saturated heterocycles. The van der Waals surface area contributed by atoms with E-state index in [-0.39, 0.29) is 18.4 Å². The molecule has 3 aromatic carbocycles. The molecular weight excluding hydrogens is 521 g/mol. The first-order valence-electron chi connectivity index (χ1n) is 12.6. The monoisotopic (exact) mass is 551 g/mol. The second-order valence-electron chi connectivity index (χ2n) is 9.14. The fraction of sp³-hybridized carbons (Fsp3) is 0.267. The molecule has 0 aliphatic heterocycles. The number of carbonyl (C=O) groups is 2. The van der Waals surface area contributed by atoms with E-state index in [1.807, 2.05) is 59.6 Å². The number of carbonyl (C=O) groups excluding carboxylic acids is 2. The number of fused-ring (bicyclic) bond motifs is 1. The number of nitrogens with one attached hydrogen (secondary N) is 1. The zero-order chi connectivity index (χ0) is 26.9. The van der Waals surface area contributed by atoms with Gasteiger partial charge in [-0.15, -0.1) is 0 Å². The summed E-state index contributed by atoms with van der Waals surface area (Å²) in [6.07, 6.45) is 3.28. The highest BCUT2D eigenvalue weighted by atomic mass is 35.5. The smallest absolute Gasteiger partial charge is 0.254 e. The molecule has 6 nitrogen and oxygen atoms in total. The molecule has 0 atom stereocenters. The fourth-order valence-corrected chi connectivity index (χ4v) is 4.99. The lowest BCUT2D eigenvalue weighted by Gasteiger charge is -2.28. The Balaban J connectivity index is 1.54. The Morgan fingerprint density at radius 3 is 2.34 bits per heavy atom. The van der Waals surface area contributed by atoms with E-state index < -0.39 is 0 Å². The molecule has 1 N–H and O–H groups in total. The number of hydrogen-bond acceptors (Lipinski definition) is 3. The Morgan fingerprint density at radius 1 is 0.895 bits per heavy atom. The minimum Gasteiger partial charge on any atom is -0.385 e. The van der Waals surface area contributed by atoms with E-state index in [1.54, 1.807) is 30.2 Å². The summed E-state index contributed by atoms with van der Waals surface area (Å²) in [6, 6.07) is 22.7. The van der Waals surface area contributed by atoms with Gasteiger partial charge >= 0.3 is 0 Å². The van der Waals surface area contributed by atoms with E-state index in [1.165, 1.54) is 0 Å². The van der Waals surface area contributed by atoms with Crippen molar-refractivity contribution in [2.24, 2.45) is 0 Å². The van der Waals surface area contributed by atoms with Gasteiger partial charge in [0.05, 0.1) is 0 Å². The molecule has 198 valence electrons. The Kier molecular flexibility index (Phi) is 9.82. The molecule has 0 saturated carbocycles. The lowest BCUT2D eigenvalue weighted by atomic mass is 10.1. The molecule has 0 unspecified atom stereocenters. The molecule has 4 rings (SSSR count). The quantitative estimate of drug-likeness (QED) is 0.212. The first-order valence-corrected chi connectivity index (χ1v) is 13.3. The van der Waals surface area contributed by atoms with Crippen LogP contribution in [-0.4, -0.2) is 59.9 Å². The number of amides is 2. The summed E-state index contributed by atoms with van der Waals surface area (Å²) < 4.78 is 5.18. The van der Waals surface area contributed by atoms with Gasteiger partial charge in [-0.25, -0.2) is 0 Å². The molecule has 0 fully saturated rings. The maximum absolute atomic E-state index is 13.7. The summed E-state index contributed by atoms with van der Waals surface area (Å²) in [5, 5.41) is 1.88. The molecule has 0 aliphatic carbocycles. The number of aromatic amines is 1. The number of methoxy groups -OCH3 is 1. The van der Waals surface area contributed by atoms with E-state index >= 15 is 0 Å². The van der Waals surface area contributed by atoms with Crippen LogP contribution in [0.4, 0.5) is 0 Å². The second-order valence-corrected chi connectivity index (χ2v) is 10.0. The predicted molar refractivity (Wildman–Crippen MR) is 153 cm³/mol. The molecule has 0 aliphatic rings. The number of halogens is 2. The van der Waals surface area contributed by atoms with Crippen LogP contribution in [0.2, 0.25) is 10.0 Å². The predicted octanol–water partition coefficient (Wildman–Crippen LogP) is 6.22. The molecule has 2 amide bonds. The van der Waals surface area contributed by atoms with Gasteiger partial charge in [0.15, 0.2) is 0 Å². The second kappa shape index (κ2) is 13.5. The number of ether oxygens (including phenoxy) is 1. The summed E-state index contributed by atoms with van der Waals surface area (Å²) in [5.74, 6) is -0.428. The summed E-state index contributed by atoms with van der Waals surface area (Å²) in [6.45, 7) is 1.74. The van der Waals surface area contributed by atoms with Crippen LogP contribution in [0.1, 0.15) is 27.9 Å². The third-order valence-corrected chi connectivity index (χ3v) is 6.83. The molecule has 4 aromatic rings. The number of para-hydroxylation sites is 1. The van der Waals surface area contributed by atoms with Crippen LogP contribution < -0.4 is 0 Å². The highest BCUT2D eigenvalue weighted by Gasteiger charge is 2.23. The van der Waals surface area contributed by atoms with Crippen molar-refractivity contribution in [3.05, 3.63) is 106 Å². The van der Waals surface area contributed by atoms with Crippen LogP contribution in [0.15, 0.2) is 79.0 Å². The zero-order valence-corrected chi connectivity index (χ0v) is 22.8. The Labute approximate surface area is 233 Å². The zero-order valence-electron chi connectivity index (χ0n) is 21.3. The van der Waals surface area contributed by atoms with Crippen LogP contribution in [-0.2, 0) is 22.5 Å². The maximum atomic E-state index is 13.7. The van der Waals surface area contributed by atoms with Gasteiger partial charge in [0, 0.05) is 66.1 Å². The SMILES string of the molecule is COCCCN(CC(=O)N(CCc1c[nH]c2ccccc12)Cc1ccccc1)C(=O)c1cc(Cl)cc(Cl)c1. The Hall–Kier alpha value is -3.32. The summed E-state index contributed by atoms with van der Waals surface area (Å²) in [5.41, 5.74) is 3.59. The van der Waals surface area contributed by atoms with Gasteiger partial charge in [0.2, 0.25) is 5.91 Å². The van der Waals surface area contributed by atoms with Crippen molar-refractivity contribution in [2.45, 2.75) is 19.4 Å². The number of benzene rings is 3. The molecular formula is C30H31Cl2N3O3. The van der Waals surface area contributed by atoms with Gasteiger partial charge in [-0.2, -0.15) is 0 Å². The van der Waals surface area contributed by atoms with Gasteiger partial charge in [-0.05, 0) is 48.2 Å². The number of hydrogen-bond donors (Lipinski definition) is 1. The minimum atomic E-state index is -0.296. The summed E-state index contributed by atoms with van der Waals surface area (Å²) in [7, 11) is 1.61. The van der Waals surface area contributed by atoms with E-state index in [9.17, 15) is 9.59 Å². The third-order valence-electron chi connectivity index (χ3n) is 6.39. The summed E-state index contributed by atoms with van der Waals surface area (Å²) in [4.78, 5) is 33.8. The van der Waals surface area contributed by atoms with Gasteiger partial charge in [-0.1, -0.05) is 71.7 Å². The number of H-pyrrole nitrogens is 1. The lowest BCUT2D eigenvalue weighted by Crippen LogP contribution is -2.44. The van der Waals surface area contributed by atoms with E-state index in [0.717, 1.165) is 22.0 Å². The Morgan fingerprint density at radius 2 is 1.61 bits per heavy atom. The fourth-order valence-electron chi connectivity index (χ4n) is 4.46. The molecule has 1 aromatic heterocycles. The largest absolute Gasteiger partial charge is 0.385 e. The minimum absolute atomic E-state index is 0.0621. The van der Waals surface area contributed by atoms with Crippen molar-refractivity contribution in [3.8, 4) is 0 Å². The standard InChI is InChI=1S/C30H31Cl2N3O3/c1-38-15-7-13-35(30(37)24-16-25(31)18-26(32)17-24)21-29(36)34(20-22-8-3-2-4-9-22)14-12-23-19-33-28-11-6-5-10-27(23)28/h2-6,8-11,16-19,33H,7,12-15,20-21H2,1H3. The van der Waals surface area contributed by atoms with Gasteiger partial charge in [0.1, 0.15) is 6.54 Å². The van der Waals surface area contributed by atoms with Crippen molar-refractivity contribution in [1.82, 2.24) is 14.8 Å². The number of nitrogens with zero attached hydrogens (tertiary/aromatic N) is 2. The molecule has 0 spiro atoms. The van der Waals surface area contributed by atoms with Crippen molar-refractivity contribution in [3.63, 3.8) is 0 Å².